The molecule has 0 saturated carbocycles. The first kappa shape index (κ1) is 13.3. The lowest BCUT2D eigenvalue weighted by atomic mass is 10.1. The van der Waals surface area contributed by atoms with E-state index >= 15 is 0 Å². The van der Waals surface area contributed by atoms with Crippen molar-refractivity contribution in [2.24, 2.45) is 0 Å². The maximum Gasteiger partial charge on any atom is 0.231 e. The summed E-state index contributed by atoms with van der Waals surface area (Å²) in [4.78, 5) is 0. The van der Waals surface area contributed by atoms with Crippen molar-refractivity contribution in [2.45, 2.75) is 20.4 Å². The molecule has 2 aromatic carbocycles. The Bertz CT molecular complexity index is 632. The third-order valence-electron chi connectivity index (χ3n) is 3.40. The molecule has 0 aromatic heterocycles. The van der Waals surface area contributed by atoms with E-state index in [1.165, 1.54) is 15.6 Å². The zero-order valence-electron chi connectivity index (χ0n) is 11.5. The molecule has 104 valence electrons. The number of hydrogen-bond donors (Lipinski definition) is 1. The molecule has 0 radical (unpaired) electrons. The van der Waals surface area contributed by atoms with Crippen molar-refractivity contribution in [1.82, 2.24) is 0 Å². The van der Waals surface area contributed by atoms with Gasteiger partial charge in [0.15, 0.2) is 11.5 Å². The minimum Gasteiger partial charge on any atom is -0.454 e. The lowest BCUT2D eigenvalue weighted by Gasteiger charge is -2.12. The van der Waals surface area contributed by atoms with Crippen LogP contribution in [0.15, 0.2) is 34.8 Å². The predicted molar refractivity (Wildman–Crippen MR) is 83.5 cm³/mol. The normalized spacial score (nSPS) is 12.6. The van der Waals surface area contributed by atoms with Crippen LogP contribution in [0.1, 0.15) is 16.7 Å². The Morgan fingerprint density at radius 3 is 2.65 bits per heavy atom. The van der Waals surface area contributed by atoms with Crippen molar-refractivity contribution >= 4 is 21.6 Å². The van der Waals surface area contributed by atoms with Crippen LogP contribution in [0.2, 0.25) is 0 Å². The average Bonchev–Trinajstić information content (AvgIpc) is 2.91. The van der Waals surface area contributed by atoms with Gasteiger partial charge in [-0.1, -0.05) is 28.1 Å². The summed E-state index contributed by atoms with van der Waals surface area (Å²) in [6, 6.07) is 10.2. The van der Waals surface area contributed by atoms with E-state index in [4.69, 9.17) is 9.47 Å². The van der Waals surface area contributed by atoms with E-state index in [1.54, 1.807) is 0 Å². The Hall–Kier alpha value is -1.68. The summed E-state index contributed by atoms with van der Waals surface area (Å²) in [5, 5.41) is 3.44. The first-order chi connectivity index (χ1) is 9.65. The van der Waals surface area contributed by atoms with Crippen molar-refractivity contribution in [3.8, 4) is 11.5 Å². The Balaban J connectivity index is 1.79. The van der Waals surface area contributed by atoms with Gasteiger partial charge in [0.05, 0.1) is 0 Å². The highest BCUT2D eigenvalue weighted by atomic mass is 79.9. The molecule has 0 saturated heterocycles. The second-order valence-corrected chi connectivity index (χ2v) is 5.72. The fourth-order valence-corrected chi connectivity index (χ4v) is 2.60. The SMILES string of the molecule is Cc1cc(NCc2cccc3c2OCO3)cc(C)c1Br. The molecule has 0 unspecified atom stereocenters. The van der Waals surface area contributed by atoms with Crippen molar-refractivity contribution in [3.63, 3.8) is 0 Å². The van der Waals surface area contributed by atoms with Gasteiger partial charge in [0.25, 0.3) is 0 Å². The number of rotatable bonds is 3. The predicted octanol–water partition coefficient (Wildman–Crippen LogP) is 4.41. The maximum atomic E-state index is 5.51. The molecule has 1 aliphatic rings. The van der Waals surface area contributed by atoms with Crippen LogP contribution in [-0.4, -0.2) is 6.79 Å². The number of halogens is 1. The molecule has 1 aliphatic heterocycles. The second kappa shape index (κ2) is 5.37. The molecule has 0 amide bonds. The summed E-state index contributed by atoms with van der Waals surface area (Å²) < 4.78 is 12.1. The third-order valence-corrected chi connectivity index (χ3v) is 4.65. The highest BCUT2D eigenvalue weighted by Crippen LogP contribution is 2.35. The Morgan fingerprint density at radius 2 is 1.90 bits per heavy atom. The van der Waals surface area contributed by atoms with Crippen molar-refractivity contribution in [2.75, 3.05) is 12.1 Å². The Kier molecular flexibility index (Phi) is 3.57. The molecule has 0 atom stereocenters. The zero-order valence-corrected chi connectivity index (χ0v) is 13.1. The van der Waals surface area contributed by atoms with Gasteiger partial charge in [-0.3, -0.25) is 0 Å². The number of anilines is 1. The number of ether oxygens (including phenoxy) is 2. The minimum absolute atomic E-state index is 0.308. The van der Waals surface area contributed by atoms with Gasteiger partial charge in [-0.05, 0) is 43.2 Å². The minimum atomic E-state index is 0.308. The van der Waals surface area contributed by atoms with Gasteiger partial charge in [0.1, 0.15) is 0 Å². The van der Waals surface area contributed by atoms with Gasteiger partial charge in [0.2, 0.25) is 6.79 Å². The monoisotopic (exact) mass is 333 g/mol. The lowest BCUT2D eigenvalue weighted by Crippen LogP contribution is -2.02. The third kappa shape index (κ3) is 2.48. The number of benzene rings is 2. The van der Waals surface area contributed by atoms with Gasteiger partial charge in [0, 0.05) is 22.3 Å². The second-order valence-electron chi connectivity index (χ2n) is 4.93. The van der Waals surface area contributed by atoms with Crippen LogP contribution < -0.4 is 14.8 Å². The molecule has 3 rings (SSSR count). The molecule has 4 heteroatoms. The Morgan fingerprint density at radius 1 is 1.15 bits per heavy atom. The first-order valence-corrected chi connectivity index (χ1v) is 7.32. The fourth-order valence-electron chi connectivity index (χ4n) is 2.38. The maximum absolute atomic E-state index is 5.51. The summed E-state index contributed by atoms with van der Waals surface area (Å²) in [6.07, 6.45) is 0. The lowest BCUT2D eigenvalue weighted by molar-refractivity contribution is 0.173. The largest absolute Gasteiger partial charge is 0.454 e. The number of para-hydroxylation sites is 1. The average molecular weight is 334 g/mol. The molecule has 1 heterocycles. The fraction of sp³-hybridized carbons (Fsp3) is 0.250. The van der Waals surface area contributed by atoms with E-state index in [-0.39, 0.29) is 0 Å². The zero-order chi connectivity index (χ0) is 14.1. The van der Waals surface area contributed by atoms with E-state index in [9.17, 15) is 0 Å². The van der Waals surface area contributed by atoms with Crippen molar-refractivity contribution in [1.29, 1.82) is 0 Å². The number of aryl methyl sites for hydroxylation is 2. The van der Waals surface area contributed by atoms with Crippen LogP contribution in [0, 0.1) is 13.8 Å². The van der Waals surface area contributed by atoms with Crippen LogP contribution in [-0.2, 0) is 6.54 Å². The van der Waals surface area contributed by atoms with Crippen LogP contribution in [0.3, 0.4) is 0 Å². The topological polar surface area (TPSA) is 30.5 Å². The van der Waals surface area contributed by atoms with Crippen LogP contribution in [0.25, 0.3) is 0 Å². The van der Waals surface area contributed by atoms with E-state index in [0.29, 0.717) is 13.3 Å². The van der Waals surface area contributed by atoms with Crippen LogP contribution in [0.4, 0.5) is 5.69 Å². The van der Waals surface area contributed by atoms with E-state index in [0.717, 1.165) is 22.7 Å². The molecule has 1 N–H and O–H groups in total. The molecule has 20 heavy (non-hydrogen) atoms. The summed E-state index contributed by atoms with van der Waals surface area (Å²) in [5.74, 6) is 1.68. The number of hydrogen-bond acceptors (Lipinski definition) is 3. The first-order valence-electron chi connectivity index (χ1n) is 6.53. The van der Waals surface area contributed by atoms with Gasteiger partial charge in [-0.15, -0.1) is 0 Å². The molecule has 0 aliphatic carbocycles. The quantitative estimate of drug-likeness (QED) is 0.902. The van der Waals surface area contributed by atoms with E-state index in [1.807, 2.05) is 12.1 Å². The smallest absolute Gasteiger partial charge is 0.231 e. The number of nitrogens with one attached hydrogen (secondary N) is 1. The standard InChI is InChI=1S/C16H16BrNO2/c1-10-6-13(7-11(2)15(10)17)18-8-12-4-3-5-14-16(12)20-9-19-14/h3-7,18H,8-9H2,1-2H3. The van der Waals surface area contributed by atoms with Crippen LogP contribution >= 0.6 is 15.9 Å². The summed E-state index contributed by atoms with van der Waals surface area (Å²) in [5.41, 5.74) is 4.67. The van der Waals surface area contributed by atoms with Gasteiger partial charge < -0.3 is 14.8 Å². The molecular weight excluding hydrogens is 318 g/mol. The number of fused-ring (bicyclic) bond motifs is 1. The summed E-state index contributed by atoms with van der Waals surface area (Å²) in [6.45, 7) is 5.22. The Labute approximate surface area is 127 Å². The van der Waals surface area contributed by atoms with Gasteiger partial charge >= 0.3 is 0 Å². The summed E-state index contributed by atoms with van der Waals surface area (Å²) in [7, 11) is 0. The van der Waals surface area contributed by atoms with Gasteiger partial charge in [-0.25, -0.2) is 0 Å². The molecule has 0 spiro atoms. The molecule has 3 nitrogen and oxygen atoms in total. The molecular formula is C16H16BrNO2. The van der Waals surface area contributed by atoms with E-state index in [2.05, 4.69) is 53.3 Å². The molecule has 0 bridgehead atoms. The molecule has 2 aromatic rings. The van der Waals surface area contributed by atoms with E-state index < -0.39 is 0 Å². The van der Waals surface area contributed by atoms with Gasteiger partial charge in [-0.2, -0.15) is 0 Å². The highest BCUT2D eigenvalue weighted by Gasteiger charge is 2.16. The summed E-state index contributed by atoms with van der Waals surface area (Å²) >= 11 is 3.59. The van der Waals surface area contributed by atoms with Crippen molar-refractivity contribution in [3.05, 3.63) is 51.5 Å². The van der Waals surface area contributed by atoms with Crippen LogP contribution in [0.5, 0.6) is 11.5 Å². The molecule has 0 fully saturated rings. The van der Waals surface area contributed by atoms with Crippen molar-refractivity contribution < 1.29 is 9.47 Å². The highest BCUT2D eigenvalue weighted by molar-refractivity contribution is 9.10.